The minimum absolute atomic E-state index is 0.0914. The van der Waals surface area contributed by atoms with E-state index in [-0.39, 0.29) is 11.9 Å². The smallest absolute Gasteiger partial charge is 0.237 e. The minimum atomic E-state index is -0.455. The van der Waals surface area contributed by atoms with E-state index in [1.165, 1.54) is 0 Å². The van der Waals surface area contributed by atoms with Crippen LogP contribution in [0.1, 0.15) is 22.9 Å². The standard InChI is InChI=1S/C16H20N2OS2/c1-20-11-9-13(17)16(19)18-15(14-8-5-10-21-14)12-6-3-2-4-7-12/h2-8,10,13,15H,9,11,17H2,1H3,(H,18,19)/t13-,15?/m0/s1. The monoisotopic (exact) mass is 320 g/mol. The average Bonchev–Trinajstić information content (AvgIpc) is 3.04. The van der Waals surface area contributed by atoms with Crippen molar-refractivity contribution >= 4 is 29.0 Å². The third-order valence-electron chi connectivity index (χ3n) is 3.22. The van der Waals surface area contributed by atoms with Gasteiger partial charge in [0.25, 0.3) is 0 Å². The molecular weight excluding hydrogens is 300 g/mol. The molecule has 2 rings (SSSR count). The summed E-state index contributed by atoms with van der Waals surface area (Å²) in [4.78, 5) is 13.4. The molecule has 21 heavy (non-hydrogen) atoms. The van der Waals surface area contributed by atoms with Crippen molar-refractivity contribution < 1.29 is 4.79 Å². The number of nitrogens with two attached hydrogens (primary N) is 1. The first-order valence-corrected chi connectivity index (χ1v) is 9.13. The molecule has 5 heteroatoms. The molecule has 0 saturated heterocycles. The highest BCUT2D eigenvalue weighted by atomic mass is 32.2. The molecule has 0 aliphatic carbocycles. The van der Waals surface area contributed by atoms with Gasteiger partial charge >= 0.3 is 0 Å². The molecule has 1 heterocycles. The largest absolute Gasteiger partial charge is 0.343 e. The number of hydrogen-bond donors (Lipinski definition) is 2. The second-order valence-electron chi connectivity index (χ2n) is 4.76. The first-order chi connectivity index (χ1) is 10.2. The Kier molecular flexibility index (Phi) is 6.29. The van der Waals surface area contributed by atoms with Gasteiger partial charge in [-0.2, -0.15) is 11.8 Å². The Labute approximate surface area is 133 Å². The van der Waals surface area contributed by atoms with Crippen LogP contribution in [-0.2, 0) is 4.79 Å². The van der Waals surface area contributed by atoms with Crippen LogP contribution in [0.5, 0.6) is 0 Å². The van der Waals surface area contributed by atoms with Gasteiger partial charge in [0.1, 0.15) is 0 Å². The molecule has 2 atom stereocenters. The van der Waals surface area contributed by atoms with Crippen molar-refractivity contribution in [1.82, 2.24) is 5.32 Å². The fourth-order valence-electron chi connectivity index (χ4n) is 2.04. The van der Waals surface area contributed by atoms with E-state index in [1.807, 2.05) is 54.1 Å². The Morgan fingerprint density at radius 2 is 2.05 bits per heavy atom. The minimum Gasteiger partial charge on any atom is -0.343 e. The molecule has 1 aromatic carbocycles. The second kappa shape index (κ2) is 8.22. The van der Waals surface area contributed by atoms with E-state index >= 15 is 0 Å². The Morgan fingerprint density at radius 3 is 2.67 bits per heavy atom. The van der Waals surface area contributed by atoms with E-state index in [1.54, 1.807) is 23.1 Å². The zero-order valence-corrected chi connectivity index (χ0v) is 13.6. The molecule has 1 unspecified atom stereocenters. The van der Waals surface area contributed by atoms with Gasteiger partial charge in [0.2, 0.25) is 5.91 Å². The van der Waals surface area contributed by atoms with E-state index < -0.39 is 6.04 Å². The number of amides is 1. The van der Waals surface area contributed by atoms with Crippen LogP contribution < -0.4 is 11.1 Å². The zero-order chi connectivity index (χ0) is 15.1. The van der Waals surface area contributed by atoms with E-state index in [0.717, 1.165) is 16.2 Å². The van der Waals surface area contributed by atoms with E-state index in [0.29, 0.717) is 6.42 Å². The molecule has 112 valence electrons. The Morgan fingerprint density at radius 1 is 1.29 bits per heavy atom. The lowest BCUT2D eigenvalue weighted by Gasteiger charge is -2.20. The molecule has 0 spiro atoms. The fourth-order valence-corrected chi connectivity index (χ4v) is 3.34. The first kappa shape index (κ1) is 16.1. The summed E-state index contributed by atoms with van der Waals surface area (Å²) in [6, 6.07) is 13.4. The molecule has 0 fully saturated rings. The van der Waals surface area contributed by atoms with Crippen LogP contribution in [0.15, 0.2) is 47.8 Å². The van der Waals surface area contributed by atoms with Gasteiger partial charge in [0.15, 0.2) is 0 Å². The normalized spacial score (nSPS) is 13.6. The molecule has 0 saturated carbocycles. The fraction of sp³-hybridized carbons (Fsp3) is 0.312. The maximum Gasteiger partial charge on any atom is 0.237 e. The quantitative estimate of drug-likeness (QED) is 0.824. The van der Waals surface area contributed by atoms with E-state index in [9.17, 15) is 4.79 Å². The Hall–Kier alpha value is -1.30. The van der Waals surface area contributed by atoms with Gasteiger partial charge in [-0.05, 0) is 35.4 Å². The van der Waals surface area contributed by atoms with Crippen LogP contribution in [-0.4, -0.2) is 24.0 Å². The molecule has 0 bridgehead atoms. The Balaban J connectivity index is 2.12. The van der Waals surface area contributed by atoms with Crippen LogP contribution >= 0.6 is 23.1 Å². The number of thiophene rings is 1. The summed E-state index contributed by atoms with van der Waals surface area (Å²) in [7, 11) is 0. The topological polar surface area (TPSA) is 55.1 Å². The number of rotatable bonds is 7. The van der Waals surface area contributed by atoms with Crippen LogP contribution in [0.3, 0.4) is 0 Å². The highest BCUT2D eigenvalue weighted by Gasteiger charge is 2.21. The molecular formula is C16H20N2OS2. The molecule has 1 aromatic heterocycles. The molecule has 0 radical (unpaired) electrons. The summed E-state index contributed by atoms with van der Waals surface area (Å²) in [6.45, 7) is 0. The van der Waals surface area contributed by atoms with Crippen LogP contribution in [0, 0.1) is 0 Å². The summed E-state index contributed by atoms with van der Waals surface area (Å²) >= 11 is 3.34. The molecule has 3 nitrogen and oxygen atoms in total. The molecule has 1 amide bonds. The van der Waals surface area contributed by atoms with Crippen molar-refractivity contribution in [3.8, 4) is 0 Å². The number of hydrogen-bond acceptors (Lipinski definition) is 4. The van der Waals surface area contributed by atoms with Gasteiger partial charge in [0.05, 0.1) is 12.1 Å². The van der Waals surface area contributed by atoms with Crippen molar-refractivity contribution in [1.29, 1.82) is 0 Å². The molecule has 2 aromatic rings. The third kappa shape index (κ3) is 4.59. The van der Waals surface area contributed by atoms with Crippen molar-refractivity contribution in [3.05, 3.63) is 58.3 Å². The number of carbonyl (C=O) groups excluding carboxylic acids is 1. The average molecular weight is 320 g/mol. The predicted molar refractivity (Wildman–Crippen MR) is 91.7 cm³/mol. The number of thioether (sulfide) groups is 1. The summed E-state index contributed by atoms with van der Waals surface area (Å²) in [6.07, 6.45) is 2.71. The van der Waals surface area contributed by atoms with Gasteiger partial charge in [-0.15, -0.1) is 11.3 Å². The summed E-state index contributed by atoms with van der Waals surface area (Å²) in [5, 5.41) is 5.10. The summed E-state index contributed by atoms with van der Waals surface area (Å²) in [5.74, 6) is 0.801. The van der Waals surface area contributed by atoms with Gasteiger partial charge in [-0.25, -0.2) is 0 Å². The maximum atomic E-state index is 12.3. The third-order valence-corrected chi connectivity index (χ3v) is 4.80. The lowest BCUT2D eigenvalue weighted by atomic mass is 10.0. The Bertz CT molecular complexity index is 543. The van der Waals surface area contributed by atoms with E-state index in [2.05, 4.69) is 5.32 Å². The van der Waals surface area contributed by atoms with Gasteiger partial charge in [-0.1, -0.05) is 36.4 Å². The zero-order valence-electron chi connectivity index (χ0n) is 12.0. The van der Waals surface area contributed by atoms with Crippen LogP contribution in [0.2, 0.25) is 0 Å². The molecule has 0 aliphatic rings. The lowest BCUT2D eigenvalue weighted by molar-refractivity contribution is -0.122. The second-order valence-corrected chi connectivity index (χ2v) is 6.72. The highest BCUT2D eigenvalue weighted by Crippen LogP contribution is 2.26. The summed E-state index contributed by atoms with van der Waals surface area (Å²) < 4.78 is 0. The summed E-state index contributed by atoms with van der Waals surface area (Å²) in [5.41, 5.74) is 7.04. The maximum absolute atomic E-state index is 12.3. The highest BCUT2D eigenvalue weighted by molar-refractivity contribution is 7.98. The number of benzene rings is 1. The number of nitrogens with one attached hydrogen (secondary N) is 1. The lowest BCUT2D eigenvalue weighted by Crippen LogP contribution is -2.42. The van der Waals surface area contributed by atoms with Crippen LogP contribution in [0.25, 0.3) is 0 Å². The van der Waals surface area contributed by atoms with Crippen LogP contribution in [0.4, 0.5) is 0 Å². The molecule has 0 aliphatic heterocycles. The van der Waals surface area contributed by atoms with Crippen molar-refractivity contribution in [2.45, 2.75) is 18.5 Å². The van der Waals surface area contributed by atoms with Gasteiger partial charge in [-0.3, -0.25) is 4.79 Å². The van der Waals surface area contributed by atoms with E-state index in [4.69, 9.17) is 5.73 Å². The predicted octanol–water partition coefficient (Wildman–Crippen LogP) is 3.03. The van der Waals surface area contributed by atoms with Gasteiger partial charge in [0, 0.05) is 4.88 Å². The SMILES string of the molecule is CSCC[C@H](N)C(=O)NC(c1ccccc1)c1cccs1. The van der Waals surface area contributed by atoms with Gasteiger partial charge < -0.3 is 11.1 Å². The van der Waals surface area contributed by atoms with Crippen molar-refractivity contribution in [2.75, 3.05) is 12.0 Å². The molecule has 3 N–H and O–H groups in total. The van der Waals surface area contributed by atoms with Crippen molar-refractivity contribution in [2.24, 2.45) is 5.73 Å². The van der Waals surface area contributed by atoms with Crippen molar-refractivity contribution in [3.63, 3.8) is 0 Å². The number of carbonyl (C=O) groups is 1. The first-order valence-electron chi connectivity index (χ1n) is 6.85.